The van der Waals surface area contributed by atoms with Gasteiger partial charge >= 0.3 is 0 Å². The number of ether oxygens (including phenoxy) is 1. The van der Waals surface area contributed by atoms with E-state index in [1.807, 2.05) is 18.2 Å². The van der Waals surface area contributed by atoms with Crippen molar-refractivity contribution in [3.05, 3.63) is 36.4 Å². The average Bonchev–Trinajstić information content (AvgIpc) is 2.36. The second-order valence-electron chi connectivity index (χ2n) is 4.04. The van der Waals surface area contributed by atoms with E-state index in [0.717, 1.165) is 24.3 Å². The van der Waals surface area contributed by atoms with Gasteiger partial charge in [0.15, 0.2) is 0 Å². The van der Waals surface area contributed by atoms with E-state index in [2.05, 4.69) is 11.9 Å². The lowest BCUT2D eigenvalue weighted by molar-refractivity contribution is 0.193. The van der Waals surface area contributed by atoms with Crippen LogP contribution in [0.25, 0.3) is 0 Å². The first-order valence-corrected chi connectivity index (χ1v) is 5.48. The molecule has 0 fully saturated rings. The molecule has 16 heavy (non-hydrogen) atoms. The van der Waals surface area contributed by atoms with Crippen molar-refractivity contribution in [2.24, 2.45) is 0 Å². The number of rotatable bonds is 3. The van der Waals surface area contributed by atoms with Gasteiger partial charge in [0.05, 0.1) is 19.3 Å². The van der Waals surface area contributed by atoms with Gasteiger partial charge in [0.25, 0.3) is 0 Å². The maximum Gasteiger partial charge on any atom is 0.119 e. The van der Waals surface area contributed by atoms with Crippen molar-refractivity contribution in [3.63, 3.8) is 0 Å². The third kappa shape index (κ3) is 2.04. The predicted octanol–water partition coefficient (Wildman–Crippen LogP) is 1.97. The lowest BCUT2D eigenvalue weighted by Gasteiger charge is -2.29. The van der Waals surface area contributed by atoms with Crippen LogP contribution in [-0.2, 0) is 6.42 Å². The van der Waals surface area contributed by atoms with E-state index in [1.54, 1.807) is 13.2 Å². The number of methoxy groups -OCH3 is 1. The molecule has 1 heterocycles. The second kappa shape index (κ2) is 4.58. The molecule has 0 saturated heterocycles. The van der Waals surface area contributed by atoms with Crippen molar-refractivity contribution in [1.82, 2.24) is 0 Å². The lowest BCUT2D eigenvalue weighted by Crippen LogP contribution is -2.35. The lowest BCUT2D eigenvalue weighted by atomic mass is 9.95. The number of aliphatic hydroxyl groups excluding tert-OH is 1. The number of anilines is 1. The Balaban J connectivity index is 2.18. The third-order valence-corrected chi connectivity index (χ3v) is 3.03. The standard InChI is InChI=1S/C13H17NO2/c1-3-13(15)12-6-4-9-8-10(16-2)5-7-11(9)14-12/h3,5,7-8,12-15H,1,4,6H2,2H3. The zero-order valence-electron chi connectivity index (χ0n) is 9.44. The van der Waals surface area contributed by atoms with Crippen LogP contribution < -0.4 is 10.1 Å². The highest BCUT2D eigenvalue weighted by Gasteiger charge is 2.22. The number of nitrogens with one attached hydrogen (secondary N) is 1. The summed E-state index contributed by atoms with van der Waals surface area (Å²) in [6.07, 6.45) is 2.95. The molecule has 2 atom stereocenters. The normalized spacial score (nSPS) is 20.5. The molecule has 0 saturated carbocycles. The van der Waals surface area contributed by atoms with Gasteiger partial charge in [0.1, 0.15) is 5.75 Å². The Bertz CT molecular complexity index is 390. The third-order valence-electron chi connectivity index (χ3n) is 3.03. The first kappa shape index (κ1) is 11.0. The summed E-state index contributed by atoms with van der Waals surface area (Å²) in [5.41, 5.74) is 2.32. The molecule has 0 bridgehead atoms. The molecule has 86 valence electrons. The van der Waals surface area contributed by atoms with E-state index in [9.17, 15) is 5.11 Å². The van der Waals surface area contributed by atoms with Crippen LogP contribution in [0.1, 0.15) is 12.0 Å². The Labute approximate surface area is 95.7 Å². The van der Waals surface area contributed by atoms with Crippen molar-refractivity contribution in [1.29, 1.82) is 0 Å². The first-order valence-electron chi connectivity index (χ1n) is 5.48. The van der Waals surface area contributed by atoms with Gasteiger partial charge in [0, 0.05) is 5.69 Å². The zero-order valence-corrected chi connectivity index (χ0v) is 9.44. The van der Waals surface area contributed by atoms with Gasteiger partial charge in [0.2, 0.25) is 0 Å². The number of hydrogen-bond acceptors (Lipinski definition) is 3. The van der Waals surface area contributed by atoms with E-state index in [1.165, 1.54) is 5.56 Å². The summed E-state index contributed by atoms with van der Waals surface area (Å²) in [5, 5.41) is 13.0. The van der Waals surface area contributed by atoms with Crippen molar-refractivity contribution >= 4 is 5.69 Å². The largest absolute Gasteiger partial charge is 0.497 e. The van der Waals surface area contributed by atoms with Crippen LogP contribution in [0.3, 0.4) is 0 Å². The molecule has 1 aliphatic rings. The second-order valence-corrected chi connectivity index (χ2v) is 4.04. The summed E-state index contributed by atoms with van der Waals surface area (Å²) in [6, 6.07) is 6.03. The van der Waals surface area contributed by atoms with Gasteiger partial charge in [-0.1, -0.05) is 6.08 Å². The molecular weight excluding hydrogens is 202 g/mol. The van der Waals surface area contributed by atoms with Crippen LogP contribution in [0.4, 0.5) is 5.69 Å². The Hall–Kier alpha value is -1.48. The van der Waals surface area contributed by atoms with Gasteiger partial charge in [-0.2, -0.15) is 0 Å². The molecule has 0 spiro atoms. The summed E-state index contributed by atoms with van der Waals surface area (Å²) in [4.78, 5) is 0. The quantitative estimate of drug-likeness (QED) is 0.764. The maximum atomic E-state index is 9.70. The van der Waals surface area contributed by atoms with E-state index >= 15 is 0 Å². The Kier molecular flexibility index (Phi) is 3.15. The molecule has 0 aliphatic carbocycles. The van der Waals surface area contributed by atoms with E-state index < -0.39 is 6.10 Å². The van der Waals surface area contributed by atoms with Crippen LogP contribution in [0.5, 0.6) is 5.75 Å². The molecule has 1 aromatic carbocycles. The minimum Gasteiger partial charge on any atom is -0.497 e. The van der Waals surface area contributed by atoms with E-state index in [0.29, 0.717) is 0 Å². The monoisotopic (exact) mass is 219 g/mol. The van der Waals surface area contributed by atoms with Crippen LogP contribution in [0, 0.1) is 0 Å². The molecule has 2 rings (SSSR count). The number of hydrogen-bond donors (Lipinski definition) is 2. The van der Waals surface area contributed by atoms with E-state index in [-0.39, 0.29) is 6.04 Å². The van der Waals surface area contributed by atoms with Crippen molar-refractivity contribution in [3.8, 4) is 5.75 Å². The summed E-state index contributed by atoms with van der Waals surface area (Å²) >= 11 is 0. The SMILES string of the molecule is C=CC(O)C1CCc2cc(OC)ccc2N1. The molecule has 3 heteroatoms. The van der Waals surface area contributed by atoms with Gasteiger partial charge in [-0.3, -0.25) is 0 Å². The summed E-state index contributed by atoms with van der Waals surface area (Å²) in [5.74, 6) is 0.878. The molecule has 1 aromatic rings. The minimum atomic E-state index is -0.491. The van der Waals surface area contributed by atoms with Gasteiger partial charge < -0.3 is 15.2 Å². The van der Waals surface area contributed by atoms with Crippen molar-refractivity contribution in [2.45, 2.75) is 25.0 Å². The van der Waals surface area contributed by atoms with Crippen molar-refractivity contribution < 1.29 is 9.84 Å². The van der Waals surface area contributed by atoms with Crippen LogP contribution in [0.15, 0.2) is 30.9 Å². The molecule has 0 amide bonds. The number of aryl methyl sites for hydroxylation is 1. The van der Waals surface area contributed by atoms with Gasteiger partial charge in [-0.25, -0.2) is 0 Å². The fourth-order valence-electron chi connectivity index (χ4n) is 2.05. The highest BCUT2D eigenvalue weighted by Crippen LogP contribution is 2.29. The van der Waals surface area contributed by atoms with E-state index in [4.69, 9.17) is 4.74 Å². The fraction of sp³-hybridized carbons (Fsp3) is 0.385. The predicted molar refractivity (Wildman–Crippen MR) is 64.9 cm³/mol. The molecule has 3 nitrogen and oxygen atoms in total. The molecule has 2 unspecified atom stereocenters. The Morgan fingerprint density at radius 1 is 1.62 bits per heavy atom. The molecule has 2 N–H and O–H groups in total. The van der Waals surface area contributed by atoms with Crippen molar-refractivity contribution in [2.75, 3.05) is 12.4 Å². The van der Waals surface area contributed by atoms with Gasteiger partial charge in [-0.05, 0) is 36.6 Å². The summed E-state index contributed by atoms with van der Waals surface area (Å²) < 4.78 is 5.18. The Morgan fingerprint density at radius 2 is 2.44 bits per heavy atom. The van der Waals surface area contributed by atoms with Gasteiger partial charge in [-0.15, -0.1) is 6.58 Å². The number of aliphatic hydroxyl groups is 1. The average molecular weight is 219 g/mol. The van der Waals surface area contributed by atoms with Crippen LogP contribution >= 0.6 is 0 Å². The maximum absolute atomic E-state index is 9.70. The number of fused-ring (bicyclic) bond motifs is 1. The van der Waals surface area contributed by atoms with Crippen LogP contribution in [-0.4, -0.2) is 24.4 Å². The summed E-state index contributed by atoms with van der Waals surface area (Å²) in [7, 11) is 1.67. The molecular formula is C13H17NO2. The number of benzene rings is 1. The molecule has 0 aromatic heterocycles. The van der Waals surface area contributed by atoms with Crippen LogP contribution in [0.2, 0.25) is 0 Å². The highest BCUT2D eigenvalue weighted by molar-refractivity contribution is 5.57. The highest BCUT2D eigenvalue weighted by atomic mass is 16.5. The topological polar surface area (TPSA) is 41.5 Å². The first-order chi connectivity index (χ1) is 7.74. The molecule has 1 aliphatic heterocycles. The Morgan fingerprint density at radius 3 is 3.12 bits per heavy atom. The fourth-order valence-corrected chi connectivity index (χ4v) is 2.05. The minimum absolute atomic E-state index is 0.0680. The smallest absolute Gasteiger partial charge is 0.119 e. The molecule has 0 radical (unpaired) electrons. The zero-order chi connectivity index (χ0) is 11.5. The summed E-state index contributed by atoms with van der Waals surface area (Å²) in [6.45, 7) is 3.61.